The Hall–Kier alpha value is -3.51. The van der Waals surface area contributed by atoms with Crippen molar-refractivity contribution in [3.8, 4) is 11.3 Å². The van der Waals surface area contributed by atoms with E-state index in [1.165, 1.54) is 16.3 Å². The van der Waals surface area contributed by atoms with E-state index in [1.54, 1.807) is 16.2 Å². The SMILES string of the molecule is CN(Cc1nc(-c2ccccc2)cs1)C(=O)CC[C@]1(Cc2ccc3ccccc3c2)CCC(=O)N1. The van der Waals surface area contributed by atoms with E-state index in [0.717, 1.165) is 29.1 Å². The minimum absolute atomic E-state index is 0.0699. The first-order valence-electron chi connectivity index (χ1n) is 12.0. The predicted molar refractivity (Wildman–Crippen MR) is 141 cm³/mol. The molecule has 178 valence electrons. The van der Waals surface area contributed by atoms with Gasteiger partial charge in [0.05, 0.1) is 12.2 Å². The Kier molecular flexibility index (Phi) is 6.64. The van der Waals surface area contributed by atoms with E-state index in [0.29, 0.717) is 25.8 Å². The number of aromatic nitrogens is 1. The molecule has 6 heteroatoms. The van der Waals surface area contributed by atoms with Gasteiger partial charge in [0, 0.05) is 36.4 Å². The fourth-order valence-corrected chi connectivity index (χ4v) is 5.73. The predicted octanol–water partition coefficient (Wildman–Crippen LogP) is 5.59. The summed E-state index contributed by atoms with van der Waals surface area (Å²) >= 11 is 1.57. The van der Waals surface area contributed by atoms with Crippen LogP contribution in [0.25, 0.3) is 22.0 Å². The second-order valence-electron chi connectivity index (χ2n) is 9.43. The third-order valence-electron chi connectivity index (χ3n) is 6.83. The molecule has 35 heavy (non-hydrogen) atoms. The van der Waals surface area contributed by atoms with Crippen LogP contribution in [0, 0.1) is 0 Å². The average molecular weight is 484 g/mol. The number of hydrogen-bond donors (Lipinski definition) is 1. The summed E-state index contributed by atoms with van der Waals surface area (Å²) in [6.45, 7) is 0.486. The first-order valence-corrected chi connectivity index (χ1v) is 12.9. The van der Waals surface area contributed by atoms with Crippen LogP contribution >= 0.6 is 11.3 Å². The molecule has 1 N–H and O–H groups in total. The third kappa shape index (κ3) is 5.43. The lowest BCUT2D eigenvalue weighted by atomic mass is 9.84. The molecule has 1 atom stereocenters. The van der Waals surface area contributed by atoms with Crippen LogP contribution in [-0.2, 0) is 22.6 Å². The molecule has 1 saturated heterocycles. The van der Waals surface area contributed by atoms with Crippen LogP contribution in [0.1, 0.15) is 36.3 Å². The molecule has 5 rings (SSSR count). The first kappa shape index (κ1) is 23.2. The van der Waals surface area contributed by atoms with Crippen LogP contribution in [0.2, 0.25) is 0 Å². The van der Waals surface area contributed by atoms with Gasteiger partial charge >= 0.3 is 0 Å². The van der Waals surface area contributed by atoms with Gasteiger partial charge in [-0.3, -0.25) is 9.59 Å². The third-order valence-corrected chi connectivity index (χ3v) is 7.66. The van der Waals surface area contributed by atoms with Gasteiger partial charge in [-0.1, -0.05) is 72.8 Å². The standard InChI is InChI=1S/C29H29N3O2S/c1-32(19-27-30-25(20-35-27)23-8-3-2-4-9-23)28(34)14-16-29(15-13-26(33)31-29)18-21-11-12-22-7-5-6-10-24(22)17-21/h2-12,17,20H,13-16,18-19H2,1H3,(H,31,33)/t29-/m0/s1. The number of benzene rings is 3. The van der Waals surface area contributed by atoms with E-state index >= 15 is 0 Å². The Balaban J connectivity index is 1.23. The van der Waals surface area contributed by atoms with Crippen molar-refractivity contribution in [2.45, 2.75) is 44.2 Å². The van der Waals surface area contributed by atoms with Gasteiger partial charge < -0.3 is 10.2 Å². The summed E-state index contributed by atoms with van der Waals surface area (Å²) in [6, 6.07) is 24.8. The lowest BCUT2D eigenvalue weighted by Gasteiger charge is -2.30. The molecule has 2 heterocycles. The van der Waals surface area contributed by atoms with Gasteiger partial charge in [-0.15, -0.1) is 11.3 Å². The van der Waals surface area contributed by atoms with Crippen LogP contribution in [0.4, 0.5) is 0 Å². The Morgan fingerprint density at radius 3 is 2.60 bits per heavy atom. The van der Waals surface area contributed by atoms with Crippen molar-refractivity contribution in [1.29, 1.82) is 0 Å². The van der Waals surface area contributed by atoms with E-state index in [4.69, 9.17) is 4.98 Å². The molecule has 0 radical (unpaired) electrons. The minimum atomic E-state index is -0.377. The summed E-state index contributed by atoms with van der Waals surface area (Å²) in [5, 5.41) is 8.56. The molecule has 1 aromatic heterocycles. The van der Waals surface area contributed by atoms with E-state index in [-0.39, 0.29) is 17.4 Å². The highest BCUT2D eigenvalue weighted by atomic mass is 32.1. The highest BCUT2D eigenvalue weighted by Gasteiger charge is 2.38. The van der Waals surface area contributed by atoms with Gasteiger partial charge in [-0.25, -0.2) is 4.98 Å². The lowest BCUT2D eigenvalue weighted by molar-refractivity contribution is -0.131. The summed E-state index contributed by atoms with van der Waals surface area (Å²) in [6.07, 6.45) is 3.01. The summed E-state index contributed by atoms with van der Waals surface area (Å²) < 4.78 is 0. The van der Waals surface area contributed by atoms with E-state index in [1.807, 2.05) is 54.9 Å². The number of amides is 2. The van der Waals surface area contributed by atoms with Gasteiger partial charge in [0.2, 0.25) is 11.8 Å². The van der Waals surface area contributed by atoms with Crippen molar-refractivity contribution in [3.05, 3.63) is 88.7 Å². The van der Waals surface area contributed by atoms with Crippen molar-refractivity contribution in [2.75, 3.05) is 7.05 Å². The number of carbonyl (C=O) groups excluding carboxylic acids is 2. The topological polar surface area (TPSA) is 62.3 Å². The maximum Gasteiger partial charge on any atom is 0.222 e. The molecule has 4 aromatic rings. The Morgan fingerprint density at radius 2 is 1.83 bits per heavy atom. The van der Waals surface area contributed by atoms with Crippen LogP contribution in [0.5, 0.6) is 0 Å². The van der Waals surface area contributed by atoms with Crippen molar-refractivity contribution in [2.24, 2.45) is 0 Å². The number of carbonyl (C=O) groups is 2. The molecule has 0 aliphatic carbocycles. The molecule has 0 unspecified atom stereocenters. The average Bonchev–Trinajstić information content (AvgIpc) is 3.49. The molecule has 1 fully saturated rings. The molecule has 1 aliphatic heterocycles. The van der Waals surface area contributed by atoms with Crippen LogP contribution in [0.15, 0.2) is 78.2 Å². The Bertz CT molecular complexity index is 1350. The number of thiazole rings is 1. The first-order chi connectivity index (χ1) is 17.0. The minimum Gasteiger partial charge on any atom is -0.350 e. The maximum atomic E-state index is 13.0. The zero-order chi connectivity index (χ0) is 24.3. The zero-order valence-corrected chi connectivity index (χ0v) is 20.7. The summed E-state index contributed by atoms with van der Waals surface area (Å²) in [5.41, 5.74) is 2.83. The van der Waals surface area contributed by atoms with Gasteiger partial charge in [-0.05, 0) is 35.6 Å². The largest absolute Gasteiger partial charge is 0.350 e. The fourth-order valence-electron chi connectivity index (χ4n) is 4.87. The lowest BCUT2D eigenvalue weighted by Crippen LogP contribution is -2.44. The second kappa shape index (κ2) is 10.0. The molecule has 0 spiro atoms. The summed E-state index contributed by atoms with van der Waals surface area (Å²) in [7, 11) is 1.83. The molecule has 3 aromatic carbocycles. The Morgan fingerprint density at radius 1 is 1.06 bits per heavy atom. The van der Waals surface area contributed by atoms with Crippen molar-refractivity contribution < 1.29 is 9.59 Å². The molecule has 5 nitrogen and oxygen atoms in total. The van der Waals surface area contributed by atoms with Gasteiger partial charge in [-0.2, -0.15) is 0 Å². The number of nitrogens with one attached hydrogen (secondary N) is 1. The number of fused-ring (bicyclic) bond motifs is 1. The second-order valence-corrected chi connectivity index (χ2v) is 10.4. The van der Waals surface area contributed by atoms with Crippen molar-refractivity contribution in [1.82, 2.24) is 15.2 Å². The van der Waals surface area contributed by atoms with Crippen LogP contribution in [0.3, 0.4) is 0 Å². The number of rotatable bonds is 8. The van der Waals surface area contributed by atoms with Gasteiger partial charge in [0.1, 0.15) is 5.01 Å². The van der Waals surface area contributed by atoms with Crippen LogP contribution < -0.4 is 5.32 Å². The van der Waals surface area contributed by atoms with Gasteiger partial charge in [0.15, 0.2) is 0 Å². The molecule has 1 aliphatic rings. The summed E-state index contributed by atoms with van der Waals surface area (Å²) in [4.78, 5) is 31.7. The van der Waals surface area contributed by atoms with E-state index in [9.17, 15) is 9.59 Å². The van der Waals surface area contributed by atoms with E-state index < -0.39 is 0 Å². The fraction of sp³-hybridized carbons (Fsp3) is 0.276. The zero-order valence-electron chi connectivity index (χ0n) is 19.9. The number of nitrogens with zero attached hydrogens (tertiary/aromatic N) is 2. The van der Waals surface area contributed by atoms with Gasteiger partial charge in [0.25, 0.3) is 0 Å². The monoisotopic (exact) mass is 483 g/mol. The van der Waals surface area contributed by atoms with E-state index in [2.05, 4.69) is 35.6 Å². The van der Waals surface area contributed by atoms with Crippen molar-refractivity contribution >= 4 is 33.9 Å². The number of hydrogen-bond acceptors (Lipinski definition) is 4. The smallest absolute Gasteiger partial charge is 0.222 e. The van der Waals surface area contributed by atoms with Crippen molar-refractivity contribution in [3.63, 3.8) is 0 Å². The maximum absolute atomic E-state index is 13.0. The highest BCUT2D eigenvalue weighted by Crippen LogP contribution is 2.31. The Labute approximate surface area is 209 Å². The normalized spacial score (nSPS) is 17.5. The molecule has 2 amide bonds. The summed E-state index contributed by atoms with van der Waals surface area (Å²) in [5.74, 6) is 0.142. The quantitative estimate of drug-likeness (QED) is 0.355. The molecular formula is C29H29N3O2S. The molecule has 0 saturated carbocycles. The molecule has 0 bridgehead atoms. The highest BCUT2D eigenvalue weighted by molar-refractivity contribution is 7.09. The molecular weight excluding hydrogens is 454 g/mol. The van der Waals surface area contributed by atoms with Crippen LogP contribution in [-0.4, -0.2) is 34.3 Å².